The van der Waals surface area contributed by atoms with Crippen LogP contribution in [0.5, 0.6) is 11.5 Å². The van der Waals surface area contributed by atoms with E-state index in [0.717, 1.165) is 32.1 Å². The highest BCUT2D eigenvalue weighted by Crippen LogP contribution is 2.29. The number of amidine groups is 1. The minimum Gasteiger partial charge on any atom is -0.507 e. The molecule has 1 unspecified atom stereocenters. The second-order valence-electron chi connectivity index (χ2n) is 15.2. The molecule has 0 bridgehead atoms. The summed E-state index contributed by atoms with van der Waals surface area (Å²) in [5.74, 6) is -7.05. The highest BCUT2D eigenvalue weighted by molar-refractivity contribution is 6.03. The minimum atomic E-state index is -2.39. The molecule has 0 aliphatic rings. The van der Waals surface area contributed by atoms with Crippen molar-refractivity contribution < 1.29 is 48.4 Å². The Morgan fingerprint density at radius 3 is 1.94 bits per heavy atom. The monoisotopic (exact) mass is 870 g/mol. The van der Waals surface area contributed by atoms with Crippen LogP contribution in [0.4, 0.5) is 0 Å². The SMILES string of the molecule is CC/C=C\C/C=C\C/C=C\C/C=C\C/C=C\CCCC(=O)OCC(C)(C)[C@@H](OC(=O)c1ccccc1OC(=O)c1ccccc1O)C(=O)NC(N)(CC(=O)O)C(N)=NC(=N)N(C)C. The molecule has 2 atom stereocenters. The zero-order valence-electron chi connectivity index (χ0n) is 36.8. The fourth-order valence-corrected chi connectivity index (χ4v) is 5.45. The van der Waals surface area contributed by atoms with Crippen molar-refractivity contribution in [3.05, 3.63) is 120 Å². The summed E-state index contributed by atoms with van der Waals surface area (Å²) in [5, 5.41) is 30.2. The van der Waals surface area contributed by atoms with Crippen LogP contribution in [0, 0.1) is 10.8 Å². The number of para-hydroxylation sites is 2. The number of phenolic OH excluding ortho intramolecular Hbond substituents is 1. The second kappa shape index (κ2) is 27.2. The van der Waals surface area contributed by atoms with Crippen LogP contribution in [-0.4, -0.2) is 89.2 Å². The minimum absolute atomic E-state index is 0.0477. The molecular weight excluding hydrogens is 809 g/mol. The number of aliphatic imine (C=N–C) groups is 1. The molecule has 2 aromatic rings. The van der Waals surface area contributed by atoms with Crippen molar-refractivity contribution >= 4 is 41.6 Å². The van der Waals surface area contributed by atoms with Gasteiger partial charge in [0.05, 0.1) is 6.42 Å². The number of esters is 3. The molecule has 16 nitrogen and oxygen atoms in total. The third kappa shape index (κ3) is 19.2. The lowest BCUT2D eigenvalue weighted by atomic mass is 9.86. The number of nitrogens with two attached hydrogens (primary N) is 2. The number of carboxylic acids is 1. The van der Waals surface area contributed by atoms with E-state index in [1.54, 1.807) is 0 Å². The average molecular weight is 871 g/mol. The van der Waals surface area contributed by atoms with Gasteiger partial charge in [0.15, 0.2) is 11.8 Å². The number of carbonyl (C=O) groups is 5. The van der Waals surface area contributed by atoms with Crippen molar-refractivity contribution in [2.45, 2.75) is 90.3 Å². The van der Waals surface area contributed by atoms with Gasteiger partial charge in [0, 0.05) is 25.9 Å². The highest BCUT2D eigenvalue weighted by atomic mass is 16.6. The molecule has 0 aliphatic heterocycles. The number of aromatic hydroxyl groups is 1. The van der Waals surface area contributed by atoms with E-state index in [0.29, 0.717) is 12.8 Å². The van der Waals surface area contributed by atoms with E-state index in [2.05, 4.69) is 65.8 Å². The Labute approximate surface area is 369 Å². The molecule has 0 heterocycles. The van der Waals surface area contributed by atoms with Crippen LogP contribution in [0.3, 0.4) is 0 Å². The van der Waals surface area contributed by atoms with Crippen LogP contribution in [0.25, 0.3) is 0 Å². The fourth-order valence-electron chi connectivity index (χ4n) is 5.45. The van der Waals surface area contributed by atoms with Crippen LogP contribution >= 0.6 is 0 Å². The number of guanidine groups is 1. The Hall–Kier alpha value is -6.81. The molecule has 16 heteroatoms. The second-order valence-corrected chi connectivity index (χ2v) is 15.2. The first-order chi connectivity index (χ1) is 29.9. The lowest BCUT2D eigenvalue weighted by Gasteiger charge is -2.36. The van der Waals surface area contributed by atoms with Crippen molar-refractivity contribution in [2.24, 2.45) is 21.9 Å². The molecule has 1 amide bonds. The Kier molecular flexibility index (Phi) is 22.6. The summed E-state index contributed by atoms with van der Waals surface area (Å²) in [6.45, 7) is 4.59. The fraction of sp³-hybridized carbons (Fsp3) is 0.383. The van der Waals surface area contributed by atoms with Gasteiger partial charge in [0.25, 0.3) is 5.91 Å². The molecule has 2 aromatic carbocycles. The summed E-state index contributed by atoms with van der Waals surface area (Å²) in [6.07, 6.45) is 23.7. The molecule has 0 saturated carbocycles. The number of nitrogens with zero attached hydrogens (tertiary/aromatic N) is 2. The average Bonchev–Trinajstić information content (AvgIpc) is 3.22. The molecule has 63 heavy (non-hydrogen) atoms. The number of allylic oxidation sites excluding steroid dienone is 10. The summed E-state index contributed by atoms with van der Waals surface area (Å²) in [7, 11) is 2.96. The topological polar surface area (TPSA) is 257 Å². The Morgan fingerprint density at radius 2 is 1.38 bits per heavy atom. The number of phenols is 1. The van der Waals surface area contributed by atoms with Gasteiger partial charge in [-0.15, -0.1) is 0 Å². The molecule has 0 saturated heterocycles. The van der Waals surface area contributed by atoms with E-state index in [-0.39, 0.29) is 29.0 Å². The number of hydrogen-bond donors (Lipinski definition) is 6. The molecule has 340 valence electrons. The highest BCUT2D eigenvalue weighted by Gasteiger charge is 2.45. The maximum atomic E-state index is 14.1. The van der Waals surface area contributed by atoms with Gasteiger partial charge >= 0.3 is 23.9 Å². The Balaban J connectivity index is 2.19. The lowest BCUT2D eigenvalue weighted by molar-refractivity contribution is -0.154. The zero-order valence-corrected chi connectivity index (χ0v) is 36.8. The van der Waals surface area contributed by atoms with Gasteiger partial charge < -0.3 is 46.1 Å². The van der Waals surface area contributed by atoms with E-state index in [1.165, 1.54) is 81.4 Å². The first-order valence-electron chi connectivity index (χ1n) is 20.6. The number of nitrogens with one attached hydrogen (secondary N) is 2. The third-order valence-corrected chi connectivity index (χ3v) is 9.00. The van der Waals surface area contributed by atoms with Crippen molar-refractivity contribution in [1.82, 2.24) is 10.2 Å². The molecule has 0 spiro atoms. The third-order valence-electron chi connectivity index (χ3n) is 9.00. The van der Waals surface area contributed by atoms with Gasteiger partial charge in [-0.25, -0.2) is 9.59 Å². The normalized spacial score (nSPS) is 13.7. The van der Waals surface area contributed by atoms with Gasteiger partial charge in [-0.3, -0.25) is 19.8 Å². The van der Waals surface area contributed by atoms with Crippen LogP contribution in [-0.2, 0) is 23.9 Å². The summed E-state index contributed by atoms with van der Waals surface area (Å²) in [4.78, 5) is 70.9. The Bertz CT molecular complexity index is 2050. The molecule has 0 aliphatic carbocycles. The predicted molar refractivity (Wildman–Crippen MR) is 242 cm³/mol. The number of ether oxygens (including phenoxy) is 3. The van der Waals surface area contributed by atoms with Gasteiger partial charge in [-0.2, -0.15) is 4.99 Å². The van der Waals surface area contributed by atoms with E-state index in [1.807, 2.05) is 12.2 Å². The number of carboxylic acid groups (broad SMARTS) is 1. The molecule has 0 fully saturated rings. The standard InChI is InChI=1S/C47H62N6O10/c1-6-7-8-9-10-11-12-13-14-15-16-17-18-19-20-21-22-31-39(57)61-33-46(2,3)40(41(58)52-47(50,32-38(55)56)44(48)51-45(49)53(4)5)63-43(60)35-28-24-26-30-37(35)62-42(59)34-27-23-25-29-36(34)54/h7-8,10-11,13-14,16-17,19-20,23-30,40,54H,6,9,12,15,18,21-22,31-33,50H2,1-5H3,(H,52,58)(H,55,56)(H3,48,49,51)/b8-7-,11-10-,14-13-,17-16-,20-19-/t40-,47?/m0/s1. The summed E-state index contributed by atoms with van der Waals surface area (Å²) in [5.41, 5.74) is 8.03. The maximum absolute atomic E-state index is 14.1. The lowest BCUT2D eigenvalue weighted by Crippen LogP contribution is -2.68. The van der Waals surface area contributed by atoms with E-state index < -0.39 is 71.8 Å². The molecule has 0 aromatic heterocycles. The summed E-state index contributed by atoms with van der Waals surface area (Å²) >= 11 is 0. The van der Waals surface area contributed by atoms with Gasteiger partial charge in [-0.1, -0.05) is 106 Å². The Morgan fingerprint density at radius 1 is 0.841 bits per heavy atom. The smallest absolute Gasteiger partial charge is 0.347 e. The number of unbranched alkanes of at least 4 members (excludes halogenated alkanes) is 1. The van der Waals surface area contributed by atoms with Gasteiger partial charge in [0.1, 0.15) is 35.1 Å². The number of hydrogen-bond acceptors (Lipinski definition) is 11. The van der Waals surface area contributed by atoms with Crippen molar-refractivity contribution in [3.8, 4) is 11.5 Å². The van der Waals surface area contributed by atoms with E-state index in [4.69, 9.17) is 31.1 Å². The van der Waals surface area contributed by atoms with Crippen LogP contribution in [0.1, 0.15) is 99.3 Å². The largest absolute Gasteiger partial charge is 0.507 e. The molecule has 0 radical (unpaired) electrons. The van der Waals surface area contributed by atoms with Crippen LogP contribution in [0.2, 0.25) is 0 Å². The van der Waals surface area contributed by atoms with Crippen LogP contribution in [0.15, 0.2) is 114 Å². The van der Waals surface area contributed by atoms with Crippen molar-refractivity contribution in [2.75, 3.05) is 20.7 Å². The molecule has 8 N–H and O–H groups in total. The number of aliphatic carboxylic acids is 1. The van der Waals surface area contributed by atoms with E-state index in [9.17, 15) is 34.2 Å². The number of benzene rings is 2. The predicted octanol–water partition coefficient (Wildman–Crippen LogP) is 6.73. The summed E-state index contributed by atoms with van der Waals surface area (Å²) in [6, 6.07) is 11.1. The van der Waals surface area contributed by atoms with Gasteiger partial charge in [0.2, 0.25) is 5.96 Å². The maximum Gasteiger partial charge on any atom is 0.347 e. The zero-order chi connectivity index (χ0) is 46.8. The number of carbonyl (C=O) groups excluding carboxylic acids is 4. The number of amides is 1. The molecule has 2 rings (SSSR count). The summed E-state index contributed by atoms with van der Waals surface area (Å²) < 4.78 is 16.7. The number of rotatable bonds is 25. The quantitative estimate of drug-likeness (QED) is 0.0115. The first-order valence-corrected chi connectivity index (χ1v) is 20.6. The van der Waals surface area contributed by atoms with Crippen LogP contribution < -0.4 is 21.5 Å². The van der Waals surface area contributed by atoms with E-state index >= 15 is 0 Å². The van der Waals surface area contributed by atoms with Crippen molar-refractivity contribution in [1.29, 1.82) is 5.41 Å². The van der Waals surface area contributed by atoms with Crippen molar-refractivity contribution in [3.63, 3.8) is 0 Å². The first kappa shape index (κ1) is 52.3. The van der Waals surface area contributed by atoms with Gasteiger partial charge in [-0.05, 0) is 69.2 Å². The molecular formula is C47H62N6O10.